The van der Waals surface area contributed by atoms with Crippen LogP contribution in [0.15, 0.2) is 48.9 Å². The van der Waals surface area contributed by atoms with Gasteiger partial charge in [-0.3, -0.25) is 4.79 Å². The first kappa shape index (κ1) is 13.5. The first-order valence-corrected chi connectivity index (χ1v) is 7.33. The lowest BCUT2D eigenvalue weighted by atomic mass is 10.1. The van der Waals surface area contributed by atoms with Crippen molar-refractivity contribution in [1.29, 1.82) is 0 Å². The summed E-state index contributed by atoms with van der Waals surface area (Å²) >= 11 is 1.47. The molecule has 0 aliphatic carbocycles. The van der Waals surface area contributed by atoms with E-state index in [0.29, 0.717) is 11.6 Å². The Balaban J connectivity index is 1.63. The molecule has 106 valence electrons. The molecule has 0 spiro atoms. The molecule has 2 heterocycles. The molecule has 3 rings (SSSR count). The molecular weight excluding hydrogens is 284 g/mol. The second kappa shape index (κ2) is 5.88. The molecule has 21 heavy (non-hydrogen) atoms. The molecule has 0 saturated carbocycles. The van der Waals surface area contributed by atoms with Gasteiger partial charge in [0.1, 0.15) is 0 Å². The van der Waals surface area contributed by atoms with Crippen molar-refractivity contribution in [2.24, 2.45) is 0 Å². The van der Waals surface area contributed by atoms with E-state index >= 15 is 0 Å². The van der Waals surface area contributed by atoms with Crippen LogP contribution in [-0.4, -0.2) is 20.7 Å². The van der Waals surface area contributed by atoms with Crippen LogP contribution < -0.4 is 5.32 Å². The summed E-state index contributed by atoms with van der Waals surface area (Å²) in [5, 5.41) is 7.61. The number of amides is 1. The number of thiazole rings is 1. The highest BCUT2D eigenvalue weighted by Crippen LogP contribution is 2.17. The minimum atomic E-state index is -0.0591. The van der Waals surface area contributed by atoms with E-state index in [-0.39, 0.29) is 5.91 Å². The smallest absolute Gasteiger partial charge is 0.230 e. The number of hydrogen-bond donors (Lipinski definition) is 1. The van der Waals surface area contributed by atoms with Crippen LogP contribution in [0.5, 0.6) is 0 Å². The highest BCUT2D eigenvalue weighted by molar-refractivity contribution is 7.15. The van der Waals surface area contributed by atoms with Gasteiger partial charge in [0.15, 0.2) is 5.13 Å². The summed E-state index contributed by atoms with van der Waals surface area (Å²) in [6, 6.07) is 9.64. The standard InChI is InChI=1S/C15H14N4OS/c1-11-10-16-15(21-11)18-14(20)9-12-3-5-13(6-4-12)19-8-2-7-17-19/h2-8,10H,9H2,1H3,(H,16,18,20). The maximum atomic E-state index is 11.9. The van der Waals surface area contributed by atoms with Crippen molar-refractivity contribution in [1.82, 2.24) is 14.8 Å². The molecule has 0 fully saturated rings. The number of anilines is 1. The monoisotopic (exact) mass is 298 g/mol. The molecule has 1 amide bonds. The molecule has 0 unspecified atom stereocenters. The van der Waals surface area contributed by atoms with Gasteiger partial charge in [-0.1, -0.05) is 12.1 Å². The minimum Gasteiger partial charge on any atom is -0.302 e. The second-order valence-electron chi connectivity index (χ2n) is 4.62. The fraction of sp³-hybridized carbons (Fsp3) is 0.133. The predicted octanol–water partition coefficient (Wildman–Crippen LogP) is 2.82. The zero-order valence-corrected chi connectivity index (χ0v) is 12.3. The molecule has 5 nitrogen and oxygen atoms in total. The van der Waals surface area contributed by atoms with Crippen molar-refractivity contribution in [3.8, 4) is 5.69 Å². The maximum Gasteiger partial charge on any atom is 0.230 e. The van der Waals surface area contributed by atoms with Gasteiger partial charge in [-0.2, -0.15) is 5.10 Å². The average molecular weight is 298 g/mol. The second-order valence-corrected chi connectivity index (χ2v) is 5.85. The lowest BCUT2D eigenvalue weighted by Gasteiger charge is -2.04. The Morgan fingerprint density at radius 1 is 1.33 bits per heavy atom. The first-order chi connectivity index (χ1) is 10.2. The minimum absolute atomic E-state index is 0.0591. The maximum absolute atomic E-state index is 11.9. The fourth-order valence-corrected chi connectivity index (χ4v) is 2.63. The largest absolute Gasteiger partial charge is 0.302 e. The Bertz CT molecular complexity index is 731. The third-order valence-electron chi connectivity index (χ3n) is 2.94. The van der Waals surface area contributed by atoms with Crippen LogP contribution in [0.2, 0.25) is 0 Å². The molecule has 0 saturated heterocycles. The molecular formula is C15H14N4OS. The van der Waals surface area contributed by atoms with Gasteiger partial charge >= 0.3 is 0 Å². The molecule has 0 aliphatic heterocycles. The van der Waals surface area contributed by atoms with Crippen molar-refractivity contribution < 1.29 is 4.79 Å². The number of carbonyl (C=O) groups excluding carboxylic acids is 1. The van der Waals surface area contributed by atoms with Crippen molar-refractivity contribution in [2.45, 2.75) is 13.3 Å². The summed E-state index contributed by atoms with van der Waals surface area (Å²) in [5.41, 5.74) is 1.93. The van der Waals surface area contributed by atoms with Crippen LogP contribution in [0.1, 0.15) is 10.4 Å². The topological polar surface area (TPSA) is 59.8 Å². The van der Waals surface area contributed by atoms with Gasteiger partial charge in [-0.05, 0) is 30.7 Å². The van der Waals surface area contributed by atoms with E-state index in [2.05, 4.69) is 15.4 Å². The Morgan fingerprint density at radius 3 is 2.76 bits per heavy atom. The predicted molar refractivity (Wildman–Crippen MR) is 82.7 cm³/mol. The summed E-state index contributed by atoms with van der Waals surface area (Å²) in [5.74, 6) is -0.0591. The van der Waals surface area contributed by atoms with E-state index in [1.807, 2.05) is 43.5 Å². The van der Waals surface area contributed by atoms with E-state index in [9.17, 15) is 4.79 Å². The molecule has 6 heteroatoms. The van der Waals surface area contributed by atoms with Crippen LogP contribution in [0.4, 0.5) is 5.13 Å². The Morgan fingerprint density at radius 2 is 2.14 bits per heavy atom. The Kier molecular flexibility index (Phi) is 3.79. The van der Waals surface area contributed by atoms with Gasteiger partial charge in [-0.15, -0.1) is 11.3 Å². The van der Waals surface area contributed by atoms with Gasteiger partial charge in [-0.25, -0.2) is 9.67 Å². The van der Waals surface area contributed by atoms with Crippen molar-refractivity contribution in [3.05, 3.63) is 59.4 Å². The number of aromatic nitrogens is 3. The van der Waals surface area contributed by atoms with E-state index in [1.165, 1.54) is 11.3 Å². The number of aryl methyl sites for hydroxylation is 1. The molecule has 2 aromatic heterocycles. The van der Waals surface area contributed by atoms with Crippen molar-refractivity contribution in [2.75, 3.05) is 5.32 Å². The quantitative estimate of drug-likeness (QED) is 0.805. The van der Waals surface area contributed by atoms with Crippen LogP contribution in [0.25, 0.3) is 5.69 Å². The zero-order valence-electron chi connectivity index (χ0n) is 11.5. The van der Waals surface area contributed by atoms with Crippen LogP contribution in [0.3, 0.4) is 0 Å². The summed E-state index contributed by atoms with van der Waals surface area (Å²) in [7, 11) is 0. The number of benzene rings is 1. The molecule has 0 atom stereocenters. The summed E-state index contributed by atoms with van der Waals surface area (Å²) in [6.45, 7) is 1.96. The number of rotatable bonds is 4. The SMILES string of the molecule is Cc1cnc(NC(=O)Cc2ccc(-n3cccn3)cc2)s1. The number of nitrogens with zero attached hydrogens (tertiary/aromatic N) is 3. The summed E-state index contributed by atoms with van der Waals surface area (Å²) < 4.78 is 1.78. The van der Waals surface area contributed by atoms with Gasteiger partial charge in [0, 0.05) is 23.5 Å². The summed E-state index contributed by atoms with van der Waals surface area (Å²) in [6.07, 6.45) is 5.70. The van der Waals surface area contributed by atoms with E-state index < -0.39 is 0 Å². The third kappa shape index (κ3) is 3.35. The number of carbonyl (C=O) groups is 1. The Hall–Kier alpha value is -2.47. The normalized spacial score (nSPS) is 10.5. The van der Waals surface area contributed by atoms with Crippen molar-refractivity contribution >= 4 is 22.4 Å². The van der Waals surface area contributed by atoms with Crippen molar-refractivity contribution in [3.63, 3.8) is 0 Å². The lowest BCUT2D eigenvalue weighted by Crippen LogP contribution is -2.14. The molecule has 3 aromatic rings. The van der Waals surface area contributed by atoms with Gasteiger partial charge in [0.2, 0.25) is 5.91 Å². The molecule has 1 aromatic carbocycles. The van der Waals surface area contributed by atoms with Crippen LogP contribution >= 0.6 is 11.3 Å². The average Bonchev–Trinajstić information content (AvgIpc) is 3.11. The van der Waals surface area contributed by atoms with Gasteiger partial charge < -0.3 is 5.32 Å². The highest BCUT2D eigenvalue weighted by Gasteiger charge is 2.07. The van der Waals surface area contributed by atoms with Crippen LogP contribution in [-0.2, 0) is 11.2 Å². The van der Waals surface area contributed by atoms with Gasteiger partial charge in [0.25, 0.3) is 0 Å². The lowest BCUT2D eigenvalue weighted by molar-refractivity contribution is -0.115. The molecule has 0 bridgehead atoms. The fourth-order valence-electron chi connectivity index (χ4n) is 1.95. The van der Waals surface area contributed by atoms with Gasteiger partial charge in [0.05, 0.1) is 12.1 Å². The molecule has 1 N–H and O–H groups in total. The molecule has 0 radical (unpaired) electrons. The summed E-state index contributed by atoms with van der Waals surface area (Å²) in [4.78, 5) is 17.1. The number of hydrogen-bond acceptors (Lipinski definition) is 4. The Labute approximate surface area is 126 Å². The first-order valence-electron chi connectivity index (χ1n) is 6.52. The zero-order chi connectivity index (χ0) is 14.7. The highest BCUT2D eigenvalue weighted by atomic mass is 32.1. The molecule has 0 aliphatic rings. The van der Waals surface area contributed by atoms with E-state index in [0.717, 1.165) is 16.1 Å². The van der Waals surface area contributed by atoms with E-state index in [1.54, 1.807) is 17.1 Å². The third-order valence-corrected chi connectivity index (χ3v) is 3.77. The number of nitrogens with one attached hydrogen (secondary N) is 1. The van der Waals surface area contributed by atoms with E-state index in [4.69, 9.17) is 0 Å². The van der Waals surface area contributed by atoms with Crippen LogP contribution in [0, 0.1) is 6.92 Å².